The summed E-state index contributed by atoms with van der Waals surface area (Å²) in [5, 5.41) is 0. The third-order valence-electron chi connectivity index (χ3n) is 5.00. The molecule has 0 atom stereocenters. The maximum absolute atomic E-state index is 6.22. The molecule has 0 spiro atoms. The molecule has 0 N–H and O–H groups in total. The second-order valence-corrected chi connectivity index (χ2v) is 18.9. The molecule has 0 radical (unpaired) electrons. The highest BCUT2D eigenvalue weighted by atomic mass is 32.1. The first kappa shape index (κ1) is 29.8. The first-order valence-corrected chi connectivity index (χ1v) is 16.4. The molecule has 176 valence electrons. The van der Waals surface area contributed by atoms with E-state index in [4.69, 9.17) is 44.3 Å². The van der Waals surface area contributed by atoms with E-state index in [-0.39, 0.29) is 6.61 Å². The molecule has 0 fully saturated rings. The summed E-state index contributed by atoms with van der Waals surface area (Å²) in [5.41, 5.74) is 0. The quantitative estimate of drug-likeness (QED) is 0.157. The van der Waals surface area contributed by atoms with E-state index in [1.165, 1.54) is 64.0 Å². The van der Waals surface area contributed by atoms with Gasteiger partial charge < -0.3 is 44.3 Å². The Balaban J connectivity index is 6.94. The molecule has 0 amide bonds. The normalized spacial score (nSPS) is 14.3. The van der Waals surface area contributed by atoms with Gasteiger partial charge in [0.15, 0.2) is 9.76 Å². The van der Waals surface area contributed by atoms with E-state index in [9.17, 15) is 0 Å². The topological polar surface area (TPSA) is 92.3 Å². The van der Waals surface area contributed by atoms with Crippen LogP contribution in [0.3, 0.4) is 0 Å². The summed E-state index contributed by atoms with van der Waals surface area (Å²) in [7, 11) is 1.41. The molecule has 0 aromatic heterocycles. The molecule has 29 heavy (non-hydrogen) atoms. The van der Waals surface area contributed by atoms with E-state index >= 15 is 0 Å². The fourth-order valence-corrected chi connectivity index (χ4v) is 21.5. The Morgan fingerprint density at radius 2 is 0.931 bits per heavy atom. The maximum atomic E-state index is 6.22. The highest BCUT2D eigenvalue weighted by molar-refractivity contribution is 7.80. The Bertz CT molecular complexity index is 364. The van der Waals surface area contributed by atoms with Gasteiger partial charge in [0.05, 0.1) is 6.61 Å². The molecule has 0 aliphatic rings. The van der Waals surface area contributed by atoms with Crippen molar-refractivity contribution in [1.82, 2.24) is 0 Å². The minimum Gasteiger partial charge on any atom is -0.423 e. The molecule has 0 aliphatic heterocycles. The van der Waals surface area contributed by atoms with Crippen LogP contribution in [-0.2, 0) is 44.3 Å². The van der Waals surface area contributed by atoms with Gasteiger partial charge in [0.2, 0.25) is 4.28 Å². The first-order chi connectivity index (χ1) is 13.9. The third kappa shape index (κ3) is 5.25. The molecule has 10 nitrogen and oxygen atoms in total. The zero-order valence-electron chi connectivity index (χ0n) is 19.1. The highest BCUT2D eigenvalue weighted by Crippen LogP contribution is 2.55. The maximum Gasteiger partial charge on any atom is 0.518 e. The van der Waals surface area contributed by atoms with Gasteiger partial charge in [-0.3, -0.25) is 0 Å². The lowest BCUT2D eigenvalue weighted by Gasteiger charge is -2.53. The van der Waals surface area contributed by atoms with Crippen LogP contribution >= 0.6 is 12.6 Å². The van der Waals surface area contributed by atoms with Gasteiger partial charge in [-0.15, -0.1) is 0 Å². The third-order valence-corrected chi connectivity index (χ3v) is 20.5. The Kier molecular flexibility index (Phi) is 14.5. The van der Waals surface area contributed by atoms with Crippen LogP contribution < -0.4 is 0 Å². The van der Waals surface area contributed by atoms with Crippen LogP contribution in [0, 0.1) is 0 Å². The smallest absolute Gasteiger partial charge is 0.423 e. The first-order valence-electron chi connectivity index (χ1n) is 9.01. The number of hydrogen-bond donors (Lipinski definition) is 1. The van der Waals surface area contributed by atoms with Crippen molar-refractivity contribution in [1.29, 1.82) is 0 Å². The number of rotatable bonds is 18. The summed E-state index contributed by atoms with van der Waals surface area (Å²) in [6.45, 7) is 0.0526. The number of hydrogen-bond acceptors (Lipinski definition) is 11. The molecule has 0 aromatic rings. The second-order valence-electron chi connectivity index (χ2n) is 5.89. The average molecular weight is 511 g/mol. The summed E-state index contributed by atoms with van der Waals surface area (Å²) >= 11 is 4.26. The molecule has 0 saturated carbocycles. The van der Waals surface area contributed by atoms with Crippen molar-refractivity contribution < 1.29 is 44.3 Å². The van der Waals surface area contributed by atoms with Crippen LogP contribution in [0.2, 0.25) is 10.3 Å². The zero-order valence-corrected chi connectivity index (χ0v) is 24.4. The van der Waals surface area contributed by atoms with Gasteiger partial charge in [-0.2, -0.15) is 12.6 Å². The van der Waals surface area contributed by atoms with E-state index in [1.54, 1.807) is 0 Å². The van der Waals surface area contributed by atoms with E-state index in [2.05, 4.69) is 12.6 Å². The molecule has 0 rings (SSSR count). The highest BCUT2D eigenvalue weighted by Gasteiger charge is 2.88. The van der Waals surface area contributed by atoms with Gasteiger partial charge >= 0.3 is 26.4 Å². The van der Waals surface area contributed by atoms with Crippen molar-refractivity contribution in [2.45, 2.75) is 16.7 Å². The monoisotopic (exact) mass is 510 g/mol. The molecule has 0 aliphatic carbocycles. The van der Waals surface area contributed by atoms with Gasteiger partial charge in [-0.1, -0.05) is 0 Å². The van der Waals surface area contributed by atoms with Crippen LogP contribution in [0.5, 0.6) is 0 Å². The molecular weight excluding hydrogens is 473 g/mol. The van der Waals surface area contributed by atoms with E-state index < -0.39 is 40.5 Å². The Hall–Kier alpha value is 0.818. The molecule has 0 aromatic carbocycles. The van der Waals surface area contributed by atoms with Crippen LogP contribution in [0.25, 0.3) is 0 Å². The van der Waals surface area contributed by atoms with Gasteiger partial charge in [0, 0.05) is 64.0 Å². The predicted octanol–water partition coefficient (Wildman–Crippen LogP) is 0.278. The molecule has 0 unspecified atom stereocenters. The molecule has 0 saturated heterocycles. The molecule has 0 heterocycles. The van der Waals surface area contributed by atoms with E-state index in [1.807, 2.05) is 0 Å². The lowest BCUT2D eigenvalue weighted by molar-refractivity contribution is 0.0198. The van der Waals surface area contributed by atoms with Crippen LogP contribution in [0.15, 0.2) is 0 Å². The standard InChI is InChI=1S/C14H38O10SSi4/c1-15-27(16-2,17-3)14(13-24-26-12-10-11-25,28(18-4,19-5)20-6)29(21-7,22-8)23-9/h25H,10-13,26H2,1-9H3. The van der Waals surface area contributed by atoms with E-state index in [0.29, 0.717) is 0 Å². The van der Waals surface area contributed by atoms with Gasteiger partial charge in [0.25, 0.3) is 0 Å². The Labute approximate surface area is 186 Å². The molecular formula is C14H38O10SSi4. The summed E-state index contributed by atoms with van der Waals surface area (Å²) in [5.74, 6) is 0.800. The van der Waals surface area contributed by atoms with Crippen molar-refractivity contribution in [2.24, 2.45) is 0 Å². The lowest BCUT2D eigenvalue weighted by Crippen LogP contribution is -2.81. The minimum absolute atomic E-state index is 0.0526. The fourth-order valence-electron chi connectivity index (χ4n) is 3.69. The van der Waals surface area contributed by atoms with Crippen molar-refractivity contribution in [3.8, 4) is 0 Å². The molecule has 15 heteroatoms. The summed E-state index contributed by atoms with van der Waals surface area (Å²) in [4.78, 5) is 0. The van der Waals surface area contributed by atoms with Crippen LogP contribution in [-0.4, -0.2) is 113 Å². The van der Waals surface area contributed by atoms with Gasteiger partial charge in [0.1, 0.15) is 0 Å². The van der Waals surface area contributed by atoms with Crippen LogP contribution in [0.1, 0.15) is 6.42 Å². The fraction of sp³-hybridized carbons (Fsp3) is 1.00. The zero-order chi connectivity index (χ0) is 22.6. The van der Waals surface area contributed by atoms with Crippen molar-refractivity contribution in [3.05, 3.63) is 0 Å². The van der Waals surface area contributed by atoms with Crippen molar-refractivity contribution in [3.63, 3.8) is 0 Å². The van der Waals surface area contributed by atoms with Crippen molar-refractivity contribution in [2.75, 3.05) is 76.3 Å². The van der Waals surface area contributed by atoms with Gasteiger partial charge in [-0.25, -0.2) is 0 Å². The predicted molar refractivity (Wildman–Crippen MR) is 121 cm³/mol. The lowest BCUT2D eigenvalue weighted by atomic mass is 10.6. The molecule has 0 bridgehead atoms. The van der Waals surface area contributed by atoms with Gasteiger partial charge in [-0.05, 0) is 18.2 Å². The average Bonchev–Trinajstić information content (AvgIpc) is 2.77. The Morgan fingerprint density at radius 3 is 1.17 bits per heavy atom. The summed E-state index contributed by atoms with van der Waals surface area (Å²) < 4.78 is 58.1. The minimum atomic E-state index is -3.71. The van der Waals surface area contributed by atoms with Crippen molar-refractivity contribution >= 4 is 48.8 Å². The number of thiol groups is 1. The summed E-state index contributed by atoms with van der Waals surface area (Å²) in [6.07, 6.45) is 0.965. The van der Waals surface area contributed by atoms with E-state index in [0.717, 1.165) is 18.2 Å². The second kappa shape index (κ2) is 14.1. The summed E-state index contributed by atoms with van der Waals surface area (Å²) in [6, 6.07) is 0.948. The van der Waals surface area contributed by atoms with Crippen LogP contribution in [0.4, 0.5) is 0 Å². The SMILES string of the molecule is CO[Si](OC)(OC)C(CO[SiH2]CCCS)([Si](OC)(OC)OC)[Si](OC)(OC)OC. The Morgan fingerprint density at radius 1 is 0.621 bits per heavy atom. The largest absolute Gasteiger partial charge is 0.518 e.